The number of alkyl halides is 1. The van der Waals surface area contributed by atoms with Crippen LogP contribution >= 0.6 is 6.64 Å². The maximum atomic E-state index is 16.4. The second kappa shape index (κ2) is 12.5. The first kappa shape index (κ1) is 32.0. The number of anilines is 2. The zero-order valence-corrected chi connectivity index (χ0v) is 27.1. The van der Waals surface area contributed by atoms with Crippen LogP contribution in [0.15, 0.2) is 48.8 Å². The highest BCUT2D eigenvalue weighted by Crippen LogP contribution is 2.50. The molecule has 2 aromatic carbocycles. The van der Waals surface area contributed by atoms with Gasteiger partial charge in [-0.25, -0.2) is 14.5 Å². The van der Waals surface area contributed by atoms with E-state index in [1.54, 1.807) is 36.3 Å². The number of nitrogens with two attached hydrogens (primary N) is 1. The van der Waals surface area contributed by atoms with E-state index >= 15 is 4.39 Å². The highest BCUT2D eigenvalue weighted by molar-refractivity contribution is 8.09. The van der Waals surface area contributed by atoms with Gasteiger partial charge in [0.05, 0.1) is 12.4 Å². The lowest BCUT2D eigenvalue weighted by atomic mass is 10.1. The summed E-state index contributed by atoms with van der Waals surface area (Å²) in [6, 6.07) is 12.2. The van der Waals surface area contributed by atoms with Gasteiger partial charge < -0.3 is 29.2 Å². The molecule has 2 aromatic heterocycles. The van der Waals surface area contributed by atoms with Crippen LogP contribution in [0.3, 0.4) is 0 Å². The van der Waals surface area contributed by atoms with E-state index in [0.29, 0.717) is 22.7 Å². The van der Waals surface area contributed by atoms with E-state index in [0.717, 1.165) is 10.8 Å². The van der Waals surface area contributed by atoms with Crippen molar-refractivity contribution >= 4 is 58.1 Å². The van der Waals surface area contributed by atoms with Crippen molar-refractivity contribution in [2.75, 3.05) is 31.3 Å². The van der Waals surface area contributed by atoms with Crippen LogP contribution in [0.25, 0.3) is 21.9 Å². The number of benzene rings is 2. The summed E-state index contributed by atoms with van der Waals surface area (Å²) in [7, 11) is 3.64. The van der Waals surface area contributed by atoms with Crippen LogP contribution in [0.4, 0.5) is 16.2 Å². The zero-order chi connectivity index (χ0) is 31.8. The van der Waals surface area contributed by atoms with Crippen molar-refractivity contribution in [1.29, 1.82) is 0 Å². The van der Waals surface area contributed by atoms with Gasteiger partial charge in [-0.15, -0.1) is 0 Å². The predicted molar refractivity (Wildman–Crippen MR) is 170 cm³/mol. The van der Waals surface area contributed by atoms with Gasteiger partial charge in [0.2, 0.25) is 11.8 Å². The van der Waals surface area contributed by atoms with Gasteiger partial charge in [-0.1, -0.05) is 43.3 Å². The van der Waals surface area contributed by atoms with Gasteiger partial charge in [-0.05, 0) is 44.0 Å². The number of nitrogens with one attached hydrogen (secondary N) is 1. The van der Waals surface area contributed by atoms with Crippen LogP contribution in [0.2, 0.25) is 0 Å². The third kappa shape index (κ3) is 6.79. The normalized spacial score (nSPS) is 22.3. The van der Waals surface area contributed by atoms with Gasteiger partial charge in [0, 0.05) is 31.8 Å². The number of carbonyl (C=O) groups is 1. The molecule has 1 aliphatic rings. The minimum absolute atomic E-state index is 0.00696. The monoisotopic (exact) mass is 645 g/mol. The number of aromatic nitrogens is 4. The molecule has 0 aliphatic carbocycles. The quantitative estimate of drug-likeness (QED) is 0.166. The smallest absolute Gasteiger partial charge is 0.323 e. The Kier molecular flexibility index (Phi) is 9.11. The Morgan fingerprint density at radius 2 is 1.98 bits per heavy atom. The second-order valence-electron chi connectivity index (χ2n) is 11.4. The first-order valence-corrected chi connectivity index (χ1v) is 16.9. The number of hydrogen-bond acceptors (Lipinski definition) is 11. The van der Waals surface area contributed by atoms with E-state index < -0.39 is 37.3 Å². The molecule has 0 radical (unpaired) electrons. The Bertz CT molecular complexity index is 1720. The number of nitrogen functional groups attached to an aromatic ring is 1. The molecular weight excluding hydrogens is 608 g/mol. The number of rotatable bonds is 11. The summed E-state index contributed by atoms with van der Waals surface area (Å²) in [4.78, 5) is 27.5. The van der Waals surface area contributed by atoms with Crippen molar-refractivity contribution in [3.05, 3.63) is 48.8 Å². The fourth-order valence-corrected chi connectivity index (χ4v) is 7.52. The summed E-state index contributed by atoms with van der Waals surface area (Å²) in [6.45, 7) is 2.84. The fraction of sp³-hybridized carbons (Fsp3) is 0.448. The number of nitrogens with zero attached hydrogens (tertiary/aromatic N) is 5. The Balaban J connectivity index is 1.40. The molecule has 5 atom stereocenters. The van der Waals surface area contributed by atoms with Crippen molar-refractivity contribution in [3.8, 4) is 5.75 Å². The van der Waals surface area contributed by atoms with Gasteiger partial charge in [0.15, 0.2) is 17.0 Å². The van der Waals surface area contributed by atoms with Crippen LogP contribution in [-0.4, -0.2) is 64.2 Å². The van der Waals surface area contributed by atoms with Gasteiger partial charge in [-0.2, -0.15) is 9.97 Å². The van der Waals surface area contributed by atoms with Gasteiger partial charge >= 0.3 is 12.6 Å². The van der Waals surface area contributed by atoms with Crippen molar-refractivity contribution in [2.24, 2.45) is 5.92 Å². The Morgan fingerprint density at radius 3 is 2.70 bits per heavy atom. The molecule has 3 N–H and O–H groups in total. The Labute approximate surface area is 260 Å². The van der Waals surface area contributed by atoms with E-state index in [1.165, 1.54) is 6.33 Å². The molecule has 1 aliphatic heterocycles. The lowest BCUT2D eigenvalue weighted by Gasteiger charge is -2.29. The average molecular weight is 646 g/mol. The van der Waals surface area contributed by atoms with Crippen LogP contribution < -0.4 is 20.2 Å². The molecule has 4 aromatic rings. The number of fused-ring (bicyclic) bond motifs is 2. The molecule has 0 amide bonds. The van der Waals surface area contributed by atoms with E-state index in [1.807, 2.05) is 57.4 Å². The molecule has 12 nitrogen and oxygen atoms in total. The topological polar surface area (TPSA) is 139 Å². The molecule has 0 saturated carbocycles. The van der Waals surface area contributed by atoms with E-state index in [-0.39, 0.29) is 24.4 Å². The van der Waals surface area contributed by atoms with Crippen molar-refractivity contribution < 1.29 is 27.7 Å². The lowest BCUT2D eigenvalue weighted by molar-refractivity contribution is -0.172. The van der Waals surface area contributed by atoms with E-state index in [9.17, 15) is 4.79 Å². The zero-order valence-electron chi connectivity index (χ0n) is 25.4. The summed E-state index contributed by atoms with van der Waals surface area (Å²) >= 11 is 5.87. The molecule has 5 rings (SSSR count). The highest BCUT2D eigenvalue weighted by Gasteiger charge is 2.48. The molecular formula is C29H37FN7O5PS. The maximum absolute atomic E-state index is 16.4. The number of halogens is 1. The third-order valence-electron chi connectivity index (χ3n) is 7.04. The molecule has 1 fully saturated rings. The fourth-order valence-electron chi connectivity index (χ4n) is 5.10. The highest BCUT2D eigenvalue weighted by atomic mass is 32.5. The summed E-state index contributed by atoms with van der Waals surface area (Å²) < 4.78 is 41.8. The number of ether oxygens (including phenoxy) is 2. The average Bonchev–Trinajstić information content (AvgIpc) is 3.51. The van der Waals surface area contributed by atoms with Crippen molar-refractivity contribution in [3.63, 3.8) is 0 Å². The number of hydrogen-bond donors (Lipinski definition) is 2. The SMILES string of the molecule is CC(C)OC(=O)[C@@H](C)N[P@](=S)(OC[C@]1(F)C[C@H](C)[C@H](n2cnc3c(N(C)C)nc(N)nc32)O1)Oc1cccc2ccccc12. The first-order valence-electron chi connectivity index (χ1n) is 14.2. The third-order valence-corrected chi connectivity index (χ3v) is 9.50. The molecule has 236 valence electrons. The summed E-state index contributed by atoms with van der Waals surface area (Å²) in [5, 5.41) is 4.70. The second-order valence-corrected chi connectivity index (χ2v) is 14.5. The molecule has 3 heterocycles. The molecule has 0 bridgehead atoms. The van der Waals surface area contributed by atoms with Gasteiger partial charge in [-0.3, -0.25) is 9.36 Å². The van der Waals surface area contributed by atoms with Gasteiger partial charge in [0.25, 0.3) is 0 Å². The molecule has 0 unspecified atom stereocenters. The number of carbonyl (C=O) groups excluding carboxylic acids is 1. The number of esters is 1. The van der Waals surface area contributed by atoms with Crippen LogP contribution in [0.1, 0.15) is 40.3 Å². The number of imidazole rings is 1. The summed E-state index contributed by atoms with van der Waals surface area (Å²) in [6.07, 6.45) is 0.435. The van der Waals surface area contributed by atoms with E-state index in [2.05, 4.69) is 20.0 Å². The van der Waals surface area contributed by atoms with Crippen molar-refractivity contribution in [2.45, 2.75) is 58.3 Å². The lowest BCUT2D eigenvalue weighted by Crippen LogP contribution is -2.37. The Morgan fingerprint density at radius 1 is 1.25 bits per heavy atom. The minimum Gasteiger partial charge on any atom is -0.462 e. The molecule has 44 heavy (non-hydrogen) atoms. The van der Waals surface area contributed by atoms with Crippen molar-refractivity contribution in [1.82, 2.24) is 24.6 Å². The predicted octanol–water partition coefficient (Wildman–Crippen LogP) is 5.10. The largest absolute Gasteiger partial charge is 0.462 e. The summed E-state index contributed by atoms with van der Waals surface area (Å²) in [5.74, 6) is -2.04. The standard InChI is InChI=1S/C29H37FN7O5PS/c1-17(2)40-27(38)19(4)35-43(44,42-22-13-9-11-20-10-7-8-12-21(20)22)39-15-29(30)14-18(3)26(41-29)37-16-32-23-24(36(5)6)33-28(31)34-25(23)37/h7-13,16-19,26H,14-15H2,1-6H3,(H,35,44)(H2,31,33,34)/t18-,19+,26+,29-,43-/m0/s1. The van der Waals surface area contributed by atoms with Gasteiger partial charge in [0.1, 0.15) is 24.6 Å². The van der Waals surface area contributed by atoms with Crippen LogP contribution in [0, 0.1) is 5.92 Å². The molecule has 1 saturated heterocycles. The summed E-state index contributed by atoms with van der Waals surface area (Å²) in [5.41, 5.74) is 6.91. The minimum atomic E-state index is -3.56. The van der Waals surface area contributed by atoms with E-state index in [4.69, 9.17) is 36.1 Å². The molecule has 15 heteroatoms. The Hall–Kier alpha value is -3.42. The molecule has 0 spiro atoms. The van der Waals surface area contributed by atoms with Crippen LogP contribution in [-0.2, 0) is 30.6 Å². The maximum Gasteiger partial charge on any atom is 0.323 e. The first-order chi connectivity index (χ1) is 20.8. The van der Waals surface area contributed by atoms with Crippen LogP contribution in [0.5, 0.6) is 5.75 Å².